The Morgan fingerprint density at radius 2 is 1.35 bits per heavy atom. The zero-order valence-electron chi connectivity index (χ0n) is 33.8. The van der Waals surface area contributed by atoms with E-state index < -0.39 is 0 Å². The molecular formula is C56H43N3O. The molecule has 0 saturated heterocycles. The van der Waals surface area contributed by atoms with Crippen LogP contribution in [0.2, 0.25) is 0 Å². The van der Waals surface area contributed by atoms with E-state index in [1.54, 1.807) is 0 Å². The van der Waals surface area contributed by atoms with Crippen molar-refractivity contribution in [1.29, 1.82) is 0 Å². The monoisotopic (exact) mass is 773 g/mol. The molecule has 60 heavy (non-hydrogen) atoms. The van der Waals surface area contributed by atoms with Crippen molar-refractivity contribution >= 4 is 33.1 Å². The number of rotatable bonds is 7. The summed E-state index contributed by atoms with van der Waals surface area (Å²) in [7, 11) is 0. The number of aromatic nitrogens is 3. The lowest BCUT2D eigenvalue weighted by Crippen LogP contribution is -2.17. The minimum absolute atomic E-state index is 0.0456. The Morgan fingerprint density at radius 1 is 0.667 bits per heavy atom. The van der Waals surface area contributed by atoms with Crippen LogP contribution in [-0.2, 0) is 5.41 Å². The molecule has 0 radical (unpaired) electrons. The summed E-state index contributed by atoms with van der Waals surface area (Å²) in [5.41, 5.74) is 17.2. The van der Waals surface area contributed by atoms with Crippen LogP contribution in [0, 0.1) is 0 Å². The zero-order chi connectivity index (χ0) is 40.4. The predicted molar refractivity (Wildman–Crippen MR) is 247 cm³/mol. The summed E-state index contributed by atoms with van der Waals surface area (Å²) in [4.78, 5) is 15.5. The molecule has 4 heteroatoms. The van der Waals surface area contributed by atoms with Crippen molar-refractivity contribution in [2.24, 2.45) is 0 Å². The number of allylic oxidation sites excluding steroid dienone is 9. The number of hydrogen-bond acceptors (Lipinski definition) is 4. The molecular weight excluding hydrogens is 731 g/mol. The second-order valence-corrected chi connectivity index (χ2v) is 16.6. The van der Waals surface area contributed by atoms with Crippen LogP contribution in [0.15, 0.2) is 192 Å². The molecule has 6 aromatic carbocycles. The van der Waals surface area contributed by atoms with Gasteiger partial charge < -0.3 is 4.42 Å². The van der Waals surface area contributed by atoms with Gasteiger partial charge in [-0.3, -0.25) is 0 Å². The highest BCUT2D eigenvalue weighted by atomic mass is 16.3. The lowest BCUT2D eigenvalue weighted by molar-refractivity contribution is 0.607. The number of fused-ring (bicyclic) bond motifs is 5. The van der Waals surface area contributed by atoms with E-state index in [9.17, 15) is 0 Å². The quantitative estimate of drug-likeness (QED) is 0.162. The molecule has 0 aliphatic heterocycles. The zero-order valence-corrected chi connectivity index (χ0v) is 33.8. The van der Waals surface area contributed by atoms with Gasteiger partial charge >= 0.3 is 0 Å². The third-order valence-corrected chi connectivity index (χ3v) is 12.8. The average molecular weight is 774 g/mol. The Morgan fingerprint density at radius 3 is 2.12 bits per heavy atom. The maximum absolute atomic E-state index is 6.48. The van der Waals surface area contributed by atoms with Gasteiger partial charge in [0.2, 0.25) is 0 Å². The minimum Gasteiger partial charge on any atom is -0.456 e. The van der Waals surface area contributed by atoms with E-state index in [1.165, 1.54) is 44.5 Å². The smallest absolute Gasteiger partial charge is 0.164 e. The van der Waals surface area contributed by atoms with Crippen LogP contribution in [-0.4, -0.2) is 15.0 Å². The van der Waals surface area contributed by atoms with Crippen molar-refractivity contribution in [3.05, 3.63) is 210 Å². The van der Waals surface area contributed by atoms with Crippen LogP contribution in [0.1, 0.15) is 61.3 Å². The molecule has 4 nitrogen and oxygen atoms in total. The van der Waals surface area contributed by atoms with Gasteiger partial charge in [-0.2, -0.15) is 0 Å². The van der Waals surface area contributed by atoms with Gasteiger partial charge in [0, 0.05) is 38.8 Å². The van der Waals surface area contributed by atoms with Gasteiger partial charge in [-0.1, -0.05) is 178 Å². The Balaban J connectivity index is 0.981. The van der Waals surface area contributed by atoms with Crippen molar-refractivity contribution in [2.75, 3.05) is 0 Å². The van der Waals surface area contributed by atoms with Gasteiger partial charge in [-0.25, -0.2) is 15.0 Å². The van der Waals surface area contributed by atoms with Gasteiger partial charge in [0.25, 0.3) is 0 Å². The normalized spacial score (nSPS) is 16.7. The molecule has 0 fully saturated rings. The maximum Gasteiger partial charge on any atom is 0.164 e. The molecule has 8 aromatic rings. The predicted octanol–water partition coefficient (Wildman–Crippen LogP) is 14.5. The van der Waals surface area contributed by atoms with E-state index >= 15 is 0 Å². The Kier molecular flexibility index (Phi) is 8.56. The fourth-order valence-corrected chi connectivity index (χ4v) is 9.77. The lowest BCUT2D eigenvalue weighted by atomic mass is 9.78. The van der Waals surface area contributed by atoms with Gasteiger partial charge in [-0.15, -0.1) is 0 Å². The number of furan rings is 1. The lowest BCUT2D eigenvalue weighted by Gasteiger charge is -2.25. The highest BCUT2D eigenvalue weighted by Gasteiger charge is 2.39. The Bertz CT molecular complexity index is 3140. The van der Waals surface area contributed by atoms with E-state index in [2.05, 4.69) is 166 Å². The summed E-state index contributed by atoms with van der Waals surface area (Å²) in [5, 5.41) is 2.24. The molecule has 3 aliphatic rings. The Hall–Kier alpha value is -7.17. The first-order chi connectivity index (χ1) is 29.4. The fraction of sp³-hybridized carbons (Fsp3) is 0.125. The summed E-state index contributed by atoms with van der Waals surface area (Å²) < 4.78 is 6.48. The highest BCUT2D eigenvalue weighted by molar-refractivity contribution is 6.12. The fourth-order valence-electron chi connectivity index (χ4n) is 9.77. The molecule has 1 atom stereocenters. The minimum atomic E-state index is -0.0456. The van der Waals surface area contributed by atoms with Crippen LogP contribution >= 0.6 is 0 Å². The maximum atomic E-state index is 6.48. The molecule has 3 aliphatic carbocycles. The van der Waals surface area contributed by atoms with E-state index in [0.717, 1.165) is 69.0 Å². The van der Waals surface area contributed by atoms with Gasteiger partial charge in [0.15, 0.2) is 17.5 Å². The number of nitrogens with zero attached hydrogens (tertiary/aromatic N) is 3. The first-order valence-corrected chi connectivity index (χ1v) is 21.0. The SMILES string of the molecule is C=CC1=CC(c2ccc3oc4cccc(-c5ccc(-c6nc(-c7ccccc7)nc(-c7cccc8c7C7=C(CCC=C7)C8(C)C)n6)cc5)c4c3c2)CC=C1c1ccccc1. The second kappa shape index (κ2) is 14.3. The van der Waals surface area contributed by atoms with Gasteiger partial charge in [0.1, 0.15) is 11.2 Å². The number of hydrogen-bond donors (Lipinski definition) is 0. The highest BCUT2D eigenvalue weighted by Crippen LogP contribution is 2.52. The first-order valence-electron chi connectivity index (χ1n) is 21.0. The molecule has 0 saturated carbocycles. The third kappa shape index (κ3) is 5.93. The molecule has 0 amide bonds. The van der Waals surface area contributed by atoms with Gasteiger partial charge in [-0.05, 0) is 87.6 Å². The van der Waals surface area contributed by atoms with Crippen molar-refractivity contribution in [3.8, 4) is 45.3 Å². The standard InChI is InChI=1S/C56H43N3O/c1-4-35-33-40(29-31-42(35)36-15-7-5-8-16-36)41-30-32-49-46(34-41)52-43(20-14-24-50(52)60-49)37-25-27-39(28-26-37)54-57-53(38-17-9-6-10-18-38)58-55(59-54)45-21-13-23-48-51(45)44-19-11-12-22-47(44)56(48,2)3/h4-11,13-21,23-28,30-34,40H,1,12,22,29H2,2-3H3. The molecule has 1 unspecified atom stereocenters. The molecule has 11 rings (SSSR count). The molecule has 0 bridgehead atoms. The third-order valence-electron chi connectivity index (χ3n) is 12.8. The van der Waals surface area contributed by atoms with Gasteiger partial charge in [0.05, 0.1) is 0 Å². The molecule has 2 aromatic heterocycles. The van der Waals surface area contributed by atoms with Crippen molar-refractivity contribution in [2.45, 2.75) is 44.4 Å². The van der Waals surface area contributed by atoms with Crippen molar-refractivity contribution in [3.63, 3.8) is 0 Å². The van der Waals surface area contributed by atoms with E-state index in [4.69, 9.17) is 19.4 Å². The average Bonchev–Trinajstić information content (AvgIpc) is 3.80. The van der Waals surface area contributed by atoms with E-state index in [1.807, 2.05) is 24.3 Å². The van der Waals surface area contributed by atoms with Crippen molar-refractivity contribution in [1.82, 2.24) is 15.0 Å². The summed E-state index contributed by atoms with van der Waals surface area (Å²) >= 11 is 0. The summed E-state index contributed by atoms with van der Waals surface area (Å²) in [6, 6.07) is 49.1. The molecule has 288 valence electrons. The molecule has 0 N–H and O–H groups in total. The summed E-state index contributed by atoms with van der Waals surface area (Å²) in [6.45, 7) is 8.87. The van der Waals surface area contributed by atoms with Crippen LogP contribution < -0.4 is 0 Å². The first kappa shape index (κ1) is 36.0. The molecule has 2 heterocycles. The van der Waals surface area contributed by atoms with E-state index in [0.29, 0.717) is 17.5 Å². The number of benzene rings is 6. The second-order valence-electron chi connectivity index (χ2n) is 16.6. The topological polar surface area (TPSA) is 51.8 Å². The Labute approximate surface area is 350 Å². The van der Waals surface area contributed by atoms with Crippen LogP contribution in [0.25, 0.3) is 78.4 Å². The molecule has 0 spiro atoms. The summed E-state index contributed by atoms with van der Waals surface area (Å²) in [6.07, 6.45) is 14.4. The summed E-state index contributed by atoms with van der Waals surface area (Å²) in [5.74, 6) is 2.23. The van der Waals surface area contributed by atoms with Crippen LogP contribution in [0.5, 0.6) is 0 Å². The van der Waals surface area contributed by atoms with E-state index in [-0.39, 0.29) is 11.3 Å². The largest absolute Gasteiger partial charge is 0.456 e. The van der Waals surface area contributed by atoms with Crippen molar-refractivity contribution < 1.29 is 4.42 Å². The van der Waals surface area contributed by atoms with Crippen LogP contribution in [0.4, 0.5) is 0 Å². The van der Waals surface area contributed by atoms with Crippen LogP contribution in [0.3, 0.4) is 0 Å².